The van der Waals surface area contributed by atoms with Crippen molar-refractivity contribution in [2.24, 2.45) is 7.05 Å². The topological polar surface area (TPSA) is 96.0 Å². The molecule has 36 heavy (non-hydrogen) atoms. The van der Waals surface area contributed by atoms with E-state index in [-0.39, 0.29) is 29.5 Å². The number of hydrogen-bond donors (Lipinski definition) is 1. The van der Waals surface area contributed by atoms with Crippen molar-refractivity contribution in [3.63, 3.8) is 0 Å². The predicted octanol–water partition coefficient (Wildman–Crippen LogP) is 4.37. The molecule has 0 unspecified atom stereocenters. The van der Waals surface area contributed by atoms with Crippen LogP contribution in [0.3, 0.4) is 0 Å². The molecule has 9 nitrogen and oxygen atoms in total. The fraction of sp³-hybridized carbons (Fsp3) is 0.280. The number of anilines is 1. The minimum atomic E-state index is -0.300. The molecule has 4 rings (SSSR count). The van der Waals surface area contributed by atoms with E-state index in [1.54, 1.807) is 30.8 Å². The first-order valence-electron chi connectivity index (χ1n) is 11.4. The number of halogens is 1. The van der Waals surface area contributed by atoms with Crippen molar-refractivity contribution < 1.29 is 9.53 Å². The number of thioether (sulfide) groups is 1. The number of amides is 1. The molecule has 2 aromatic carbocycles. The molecule has 2 aromatic heterocycles. The van der Waals surface area contributed by atoms with Crippen LogP contribution in [0.15, 0.2) is 58.5 Å². The second-order valence-electron chi connectivity index (χ2n) is 8.12. The number of hydrogen-bond acceptors (Lipinski definition) is 6. The summed E-state index contributed by atoms with van der Waals surface area (Å²) in [6, 6.07) is 14.8. The Morgan fingerprint density at radius 3 is 2.58 bits per heavy atom. The quantitative estimate of drug-likeness (QED) is 0.325. The fourth-order valence-corrected chi connectivity index (χ4v) is 4.66. The third-order valence-corrected chi connectivity index (χ3v) is 7.15. The van der Waals surface area contributed by atoms with E-state index in [2.05, 4.69) is 15.5 Å². The Labute approximate surface area is 218 Å². The molecule has 0 aliphatic rings. The van der Waals surface area contributed by atoms with E-state index in [1.165, 1.54) is 16.4 Å². The number of para-hydroxylation sites is 1. The SMILES string of the molecule is CCn1c(COc2ccc(Cl)c(C)c2)nnc1SCC(=O)Nc1c(C)n(C)n(-c2ccccc2)c1=O. The number of rotatable bonds is 9. The predicted molar refractivity (Wildman–Crippen MR) is 141 cm³/mol. The Bertz CT molecular complexity index is 1440. The molecule has 0 radical (unpaired) electrons. The van der Waals surface area contributed by atoms with Gasteiger partial charge in [0.1, 0.15) is 18.0 Å². The summed E-state index contributed by atoms with van der Waals surface area (Å²) in [7, 11) is 1.78. The van der Waals surface area contributed by atoms with Crippen LogP contribution in [0.2, 0.25) is 5.02 Å². The summed E-state index contributed by atoms with van der Waals surface area (Å²) in [5, 5.41) is 12.5. The lowest BCUT2D eigenvalue weighted by molar-refractivity contribution is -0.113. The van der Waals surface area contributed by atoms with Gasteiger partial charge in [-0.1, -0.05) is 41.6 Å². The average molecular weight is 527 g/mol. The average Bonchev–Trinajstić information content (AvgIpc) is 3.37. The molecule has 0 atom stereocenters. The van der Waals surface area contributed by atoms with Gasteiger partial charge in [-0.05, 0) is 56.7 Å². The van der Waals surface area contributed by atoms with Gasteiger partial charge in [0.25, 0.3) is 5.56 Å². The van der Waals surface area contributed by atoms with Gasteiger partial charge in [-0.25, -0.2) is 4.68 Å². The summed E-state index contributed by atoms with van der Waals surface area (Å²) in [6.07, 6.45) is 0. The number of ether oxygens (including phenoxy) is 1. The zero-order chi connectivity index (χ0) is 25.8. The fourth-order valence-electron chi connectivity index (χ4n) is 3.72. The Balaban J connectivity index is 1.41. The third-order valence-electron chi connectivity index (χ3n) is 5.76. The van der Waals surface area contributed by atoms with Crippen LogP contribution in [0.5, 0.6) is 5.75 Å². The second kappa shape index (κ2) is 11.0. The van der Waals surface area contributed by atoms with Crippen LogP contribution in [0.1, 0.15) is 24.0 Å². The van der Waals surface area contributed by atoms with E-state index in [0.29, 0.717) is 34.0 Å². The van der Waals surface area contributed by atoms with E-state index in [1.807, 2.05) is 54.8 Å². The van der Waals surface area contributed by atoms with Crippen molar-refractivity contribution in [3.05, 3.63) is 81.0 Å². The van der Waals surface area contributed by atoms with Crippen LogP contribution in [0.4, 0.5) is 5.69 Å². The van der Waals surface area contributed by atoms with Gasteiger partial charge in [-0.3, -0.25) is 14.3 Å². The smallest absolute Gasteiger partial charge is 0.295 e. The zero-order valence-corrected chi connectivity index (χ0v) is 22.1. The summed E-state index contributed by atoms with van der Waals surface area (Å²) in [6.45, 7) is 6.54. The lowest BCUT2D eigenvalue weighted by atomic mass is 10.2. The molecular formula is C25H27ClN6O3S. The van der Waals surface area contributed by atoms with Crippen LogP contribution in [0, 0.1) is 13.8 Å². The molecule has 4 aromatic rings. The second-order valence-corrected chi connectivity index (χ2v) is 9.47. The Morgan fingerprint density at radius 2 is 1.89 bits per heavy atom. The first-order valence-corrected chi connectivity index (χ1v) is 12.7. The van der Waals surface area contributed by atoms with Crippen LogP contribution >= 0.6 is 23.4 Å². The Hall–Kier alpha value is -3.50. The van der Waals surface area contributed by atoms with Crippen molar-refractivity contribution >= 4 is 35.0 Å². The molecule has 1 amide bonds. The molecular weight excluding hydrogens is 500 g/mol. The maximum atomic E-state index is 13.0. The summed E-state index contributed by atoms with van der Waals surface area (Å²) >= 11 is 7.33. The highest BCUT2D eigenvalue weighted by molar-refractivity contribution is 7.99. The maximum absolute atomic E-state index is 13.0. The number of nitrogens with zero attached hydrogens (tertiary/aromatic N) is 5. The lowest BCUT2D eigenvalue weighted by Crippen LogP contribution is -2.23. The number of nitrogens with one attached hydrogen (secondary N) is 1. The number of aromatic nitrogens is 5. The standard InChI is InChI=1S/C25H27ClN6O3S/c1-5-31-21(14-35-19-11-12-20(26)16(2)13-19)28-29-25(31)36-15-22(33)27-23-17(3)30(4)32(24(23)34)18-9-7-6-8-10-18/h6-13H,5,14-15H2,1-4H3,(H,27,33). The van der Waals surface area contributed by atoms with Gasteiger partial charge in [0.15, 0.2) is 11.0 Å². The molecule has 11 heteroatoms. The number of aryl methyl sites for hydroxylation is 1. The summed E-state index contributed by atoms with van der Waals surface area (Å²) in [5.74, 6) is 1.12. The van der Waals surface area contributed by atoms with E-state index < -0.39 is 0 Å². The summed E-state index contributed by atoms with van der Waals surface area (Å²) < 4.78 is 11.0. The molecule has 0 aliphatic heterocycles. The minimum absolute atomic E-state index is 0.0779. The van der Waals surface area contributed by atoms with Gasteiger partial charge in [-0.2, -0.15) is 0 Å². The van der Waals surface area contributed by atoms with E-state index in [9.17, 15) is 9.59 Å². The molecule has 0 saturated carbocycles. The third kappa shape index (κ3) is 5.34. The highest BCUT2D eigenvalue weighted by Gasteiger charge is 2.19. The van der Waals surface area contributed by atoms with E-state index >= 15 is 0 Å². The maximum Gasteiger partial charge on any atom is 0.295 e. The lowest BCUT2D eigenvalue weighted by Gasteiger charge is -2.10. The first-order chi connectivity index (χ1) is 17.3. The molecule has 188 valence electrons. The first kappa shape index (κ1) is 25.6. The van der Waals surface area contributed by atoms with Crippen LogP contribution in [-0.2, 0) is 25.0 Å². The van der Waals surface area contributed by atoms with E-state index in [4.69, 9.17) is 16.3 Å². The van der Waals surface area contributed by atoms with Crippen molar-refractivity contribution in [2.75, 3.05) is 11.1 Å². The highest BCUT2D eigenvalue weighted by Crippen LogP contribution is 2.23. The normalized spacial score (nSPS) is 11.0. The van der Waals surface area contributed by atoms with Gasteiger partial charge >= 0.3 is 0 Å². The zero-order valence-electron chi connectivity index (χ0n) is 20.5. The van der Waals surface area contributed by atoms with Gasteiger partial charge < -0.3 is 14.6 Å². The van der Waals surface area contributed by atoms with Gasteiger partial charge in [0.05, 0.1) is 17.1 Å². The number of benzene rings is 2. The Morgan fingerprint density at radius 1 is 1.14 bits per heavy atom. The van der Waals surface area contributed by atoms with Gasteiger partial charge in [0.2, 0.25) is 5.91 Å². The van der Waals surface area contributed by atoms with Crippen molar-refractivity contribution in [1.82, 2.24) is 24.1 Å². The van der Waals surface area contributed by atoms with Crippen LogP contribution in [-0.4, -0.2) is 35.8 Å². The van der Waals surface area contributed by atoms with E-state index in [0.717, 1.165) is 11.3 Å². The monoisotopic (exact) mass is 526 g/mol. The number of carbonyl (C=O) groups excluding carboxylic acids is 1. The largest absolute Gasteiger partial charge is 0.486 e. The molecule has 0 bridgehead atoms. The minimum Gasteiger partial charge on any atom is -0.486 e. The van der Waals surface area contributed by atoms with Gasteiger partial charge in [0, 0.05) is 18.6 Å². The summed E-state index contributed by atoms with van der Waals surface area (Å²) in [5.41, 5.74) is 2.29. The van der Waals surface area contributed by atoms with Crippen molar-refractivity contribution in [2.45, 2.75) is 39.1 Å². The van der Waals surface area contributed by atoms with Gasteiger partial charge in [-0.15, -0.1) is 10.2 Å². The van der Waals surface area contributed by atoms with Crippen molar-refractivity contribution in [1.29, 1.82) is 0 Å². The molecule has 0 saturated heterocycles. The number of carbonyl (C=O) groups is 1. The van der Waals surface area contributed by atoms with Crippen LogP contribution < -0.4 is 15.6 Å². The molecule has 0 aliphatic carbocycles. The molecule has 0 spiro atoms. The van der Waals surface area contributed by atoms with Crippen molar-refractivity contribution in [3.8, 4) is 11.4 Å². The molecule has 2 heterocycles. The molecule has 0 fully saturated rings. The highest BCUT2D eigenvalue weighted by atomic mass is 35.5. The molecule has 1 N–H and O–H groups in total. The van der Waals surface area contributed by atoms with Crippen LogP contribution in [0.25, 0.3) is 5.69 Å². The Kier molecular flexibility index (Phi) is 7.85. The summed E-state index contributed by atoms with van der Waals surface area (Å²) in [4.78, 5) is 25.8.